The minimum absolute atomic E-state index is 0.226. The van der Waals surface area contributed by atoms with Gasteiger partial charge in [-0.1, -0.05) is 46.9 Å². The van der Waals surface area contributed by atoms with E-state index in [1.807, 2.05) is 19.1 Å². The number of nitrogens with two attached hydrogens (primary N) is 1. The molecule has 1 amide bonds. The average molecular weight is 509 g/mol. The molecule has 2 aromatic carbocycles. The lowest BCUT2D eigenvalue weighted by Gasteiger charge is -2.15. The highest BCUT2D eigenvalue weighted by molar-refractivity contribution is 6.35. The van der Waals surface area contributed by atoms with Crippen molar-refractivity contribution in [1.82, 2.24) is 20.0 Å². The van der Waals surface area contributed by atoms with E-state index in [0.29, 0.717) is 39.5 Å². The normalized spacial score (nSPS) is 11.2. The molecule has 3 N–H and O–H groups in total. The standard InChI is InChI=1S/C24H28Cl3N5O/c1-16-22(24(33)29-12-4-14-31(2)13-3-11-28)30-32(21-10-9-19(26)15-20(21)27)23(16)17-5-7-18(25)8-6-17/h5-10,15H,3-4,11-14,28H2,1-2H3,(H,29,33). The predicted octanol–water partition coefficient (Wildman–Crippen LogP) is 5.21. The molecule has 1 heterocycles. The fraction of sp³-hybridized carbons (Fsp3) is 0.333. The second-order valence-electron chi connectivity index (χ2n) is 7.89. The molecule has 0 spiro atoms. The molecular weight excluding hydrogens is 481 g/mol. The van der Waals surface area contributed by atoms with Gasteiger partial charge in [0.05, 0.1) is 16.4 Å². The number of amides is 1. The minimum atomic E-state index is -0.226. The highest BCUT2D eigenvalue weighted by Crippen LogP contribution is 2.33. The summed E-state index contributed by atoms with van der Waals surface area (Å²) in [4.78, 5) is 15.2. The molecule has 0 aliphatic heterocycles. The number of nitrogens with one attached hydrogen (secondary N) is 1. The van der Waals surface area contributed by atoms with Crippen LogP contribution in [0.4, 0.5) is 0 Å². The number of rotatable bonds is 10. The number of carbonyl (C=O) groups excluding carboxylic acids is 1. The quantitative estimate of drug-likeness (QED) is 0.369. The first-order valence-electron chi connectivity index (χ1n) is 10.8. The molecule has 3 aromatic rings. The molecule has 0 aliphatic carbocycles. The second-order valence-corrected chi connectivity index (χ2v) is 9.17. The van der Waals surface area contributed by atoms with Gasteiger partial charge in [-0.25, -0.2) is 4.68 Å². The topological polar surface area (TPSA) is 76.2 Å². The van der Waals surface area contributed by atoms with Crippen LogP contribution in [0.25, 0.3) is 16.9 Å². The Hall–Kier alpha value is -2.09. The van der Waals surface area contributed by atoms with E-state index in [1.165, 1.54) is 0 Å². The van der Waals surface area contributed by atoms with Crippen molar-refractivity contribution in [3.63, 3.8) is 0 Å². The van der Waals surface area contributed by atoms with Crippen molar-refractivity contribution in [2.45, 2.75) is 19.8 Å². The second kappa shape index (κ2) is 11.9. The molecular formula is C24H28Cl3N5O. The van der Waals surface area contributed by atoms with Crippen LogP contribution >= 0.6 is 34.8 Å². The van der Waals surface area contributed by atoms with Gasteiger partial charge in [-0.15, -0.1) is 0 Å². The summed E-state index contributed by atoms with van der Waals surface area (Å²) in [5, 5.41) is 9.22. The number of hydrogen-bond donors (Lipinski definition) is 2. The van der Waals surface area contributed by atoms with Crippen LogP contribution in [0.15, 0.2) is 42.5 Å². The minimum Gasteiger partial charge on any atom is -0.351 e. The zero-order valence-electron chi connectivity index (χ0n) is 18.7. The Morgan fingerprint density at radius 3 is 2.39 bits per heavy atom. The predicted molar refractivity (Wildman–Crippen MR) is 137 cm³/mol. The molecule has 176 valence electrons. The fourth-order valence-electron chi connectivity index (χ4n) is 3.59. The molecule has 0 atom stereocenters. The van der Waals surface area contributed by atoms with Gasteiger partial charge in [0.25, 0.3) is 5.91 Å². The van der Waals surface area contributed by atoms with Gasteiger partial charge in [0.15, 0.2) is 5.69 Å². The Labute approximate surface area is 209 Å². The fourth-order valence-corrected chi connectivity index (χ4v) is 4.21. The third-order valence-corrected chi connectivity index (χ3v) is 6.13. The molecule has 0 aliphatic rings. The molecule has 0 fully saturated rings. The molecule has 0 saturated carbocycles. The Balaban J connectivity index is 1.87. The molecule has 0 radical (unpaired) electrons. The van der Waals surface area contributed by atoms with Crippen molar-refractivity contribution in [1.29, 1.82) is 0 Å². The first-order chi connectivity index (χ1) is 15.8. The Morgan fingerprint density at radius 1 is 1.06 bits per heavy atom. The van der Waals surface area contributed by atoms with Gasteiger partial charge in [0.2, 0.25) is 0 Å². The molecule has 33 heavy (non-hydrogen) atoms. The highest BCUT2D eigenvalue weighted by atomic mass is 35.5. The third-order valence-electron chi connectivity index (χ3n) is 5.34. The molecule has 0 bridgehead atoms. The lowest BCUT2D eigenvalue weighted by Crippen LogP contribution is -2.29. The van der Waals surface area contributed by atoms with Gasteiger partial charge in [0, 0.05) is 27.7 Å². The molecule has 0 saturated heterocycles. The van der Waals surface area contributed by atoms with E-state index >= 15 is 0 Å². The van der Waals surface area contributed by atoms with E-state index in [4.69, 9.17) is 40.5 Å². The molecule has 9 heteroatoms. The third kappa shape index (κ3) is 6.49. The smallest absolute Gasteiger partial charge is 0.272 e. The van der Waals surface area contributed by atoms with Crippen molar-refractivity contribution in [2.75, 3.05) is 33.2 Å². The summed E-state index contributed by atoms with van der Waals surface area (Å²) in [5.41, 5.74) is 8.93. The summed E-state index contributed by atoms with van der Waals surface area (Å²) >= 11 is 18.6. The van der Waals surface area contributed by atoms with E-state index in [0.717, 1.165) is 42.8 Å². The van der Waals surface area contributed by atoms with Crippen molar-refractivity contribution in [2.24, 2.45) is 5.73 Å². The lowest BCUT2D eigenvalue weighted by atomic mass is 10.1. The first kappa shape index (κ1) is 25.5. The Bertz CT molecular complexity index is 1100. The van der Waals surface area contributed by atoms with Gasteiger partial charge >= 0.3 is 0 Å². The first-order valence-corrected chi connectivity index (χ1v) is 11.9. The van der Waals surface area contributed by atoms with Crippen LogP contribution in [0.5, 0.6) is 0 Å². The van der Waals surface area contributed by atoms with Gasteiger partial charge in [-0.05, 0) is 76.8 Å². The van der Waals surface area contributed by atoms with E-state index in [9.17, 15) is 4.79 Å². The maximum atomic E-state index is 13.0. The summed E-state index contributed by atoms with van der Waals surface area (Å²) in [6.07, 6.45) is 1.79. The lowest BCUT2D eigenvalue weighted by molar-refractivity contribution is 0.0946. The van der Waals surface area contributed by atoms with Crippen LogP contribution in [0.3, 0.4) is 0 Å². The summed E-state index contributed by atoms with van der Waals surface area (Å²) in [6.45, 7) is 4.93. The van der Waals surface area contributed by atoms with E-state index in [-0.39, 0.29) is 5.91 Å². The van der Waals surface area contributed by atoms with Crippen molar-refractivity contribution >= 4 is 40.7 Å². The summed E-state index contributed by atoms with van der Waals surface area (Å²) in [5.74, 6) is -0.226. The zero-order chi connectivity index (χ0) is 24.0. The largest absolute Gasteiger partial charge is 0.351 e. The van der Waals surface area contributed by atoms with Gasteiger partial charge in [-0.3, -0.25) is 4.79 Å². The summed E-state index contributed by atoms with van der Waals surface area (Å²) in [6, 6.07) is 12.6. The van der Waals surface area contributed by atoms with Crippen molar-refractivity contribution < 1.29 is 4.79 Å². The molecule has 1 aromatic heterocycles. The highest BCUT2D eigenvalue weighted by Gasteiger charge is 2.23. The Morgan fingerprint density at radius 2 is 1.73 bits per heavy atom. The van der Waals surface area contributed by atoms with Crippen LogP contribution in [-0.4, -0.2) is 53.8 Å². The maximum Gasteiger partial charge on any atom is 0.272 e. The van der Waals surface area contributed by atoms with Crippen LogP contribution < -0.4 is 11.1 Å². The van der Waals surface area contributed by atoms with Crippen LogP contribution in [0.2, 0.25) is 15.1 Å². The van der Waals surface area contributed by atoms with E-state index in [1.54, 1.807) is 35.0 Å². The molecule has 6 nitrogen and oxygen atoms in total. The van der Waals surface area contributed by atoms with Crippen LogP contribution in [-0.2, 0) is 0 Å². The summed E-state index contributed by atoms with van der Waals surface area (Å²) in [7, 11) is 2.05. The Kier molecular flexibility index (Phi) is 9.18. The number of nitrogens with zero attached hydrogens (tertiary/aromatic N) is 3. The number of hydrogen-bond acceptors (Lipinski definition) is 4. The SMILES string of the molecule is Cc1c(C(=O)NCCCN(C)CCCN)nn(-c2ccc(Cl)cc2Cl)c1-c1ccc(Cl)cc1. The summed E-state index contributed by atoms with van der Waals surface area (Å²) < 4.78 is 1.69. The van der Waals surface area contributed by atoms with Crippen LogP contribution in [0.1, 0.15) is 28.9 Å². The molecule has 3 rings (SSSR count). The number of carbonyl (C=O) groups is 1. The van der Waals surface area contributed by atoms with Gasteiger partial charge in [-0.2, -0.15) is 5.10 Å². The van der Waals surface area contributed by atoms with Crippen LogP contribution in [0, 0.1) is 6.92 Å². The van der Waals surface area contributed by atoms with Crippen molar-refractivity contribution in [3.05, 3.63) is 68.8 Å². The molecule has 0 unspecified atom stereocenters. The van der Waals surface area contributed by atoms with Crippen molar-refractivity contribution in [3.8, 4) is 16.9 Å². The maximum absolute atomic E-state index is 13.0. The van der Waals surface area contributed by atoms with Gasteiger partial charge < -0.3 is 16.0 Å². The number of aromatic nitrogens is 2. The monoisotopic (exact) mass is 507 g/mol. The number of benzene rings is 2. The van der Waals surface area contributed by atoms with E-state index < -0.39 is 0 Å². The average Bonchev–Trinajstić information content (AvgIpc) is 3.12. The van der Waals surface area contributed by atoms with Gasteiger partial charge in [0.1, 0.15) is 0 Å². The number of halogens is 3. The van der Waals surface area contributed by atoms with E-state index in [2.05, 4.69) is 22.4 Å². The zero-order valence-corrected chi connectivity index (χ0v) is 21.0.